The molecule has 0 aromatic carbocycles. The molecule has 0 aliphatic rings. The molecule has 70 valence electrons. The van der Waals surface area contributed by atoms with Gasteiger partial charge in [0.15, 0.2) is 6.10 Å². The maximum absolute atomic E-state index is 12.3. The molecule has 1 rings (SSSR count). The van der Waals surface area contributed by atoms with E-state index in [4.69, 9.17) is 9.84 Å². The van der Waals surface area contributed by atoms with Crippen molar-refractivity contribution in [3.63, 3.8) is 0 Å². The highest BCUT2D eigenvalue weighted by molar-refractivity contribution is 5.72. The first-order valence-electron chi connectivity index (χ1n) is 3.60. The summed E-state index contributed by atoms with van der Waals surface area (Å²) in [5.41, 5.74) is 0. The van der Waals surface area contributed by atoms with Gasteiger partial charge >= 0.3 is 5.97 Å². The summed E-state index contributed by atoms with van der Waals surface area (Å²) in [7, 11) is 0. The number of ether oxygens (including phenoxy) is 1. The number of halogens is 1. The molecule has 0 bridgehead atoms. The van der Waals surface area contributed by atoms with E-state index in [1.807, 2.05) is 0 Å². The molecule has 4 nitrogen and oxygen atoms in total. The van der Waals surface area contributed by atoms with Crippen LogP contribution in [0.4, 0.5) is 4.39 Å². The van der Waals surface area contributed by atoms with Crippen molar-refractivity contribution >= 4 is 5.97 Å². The molecule has 13 heavy (non-hydrogen) atoms. The molecule has 0 aliphatic carbocycles. The first kappa shape index (κ1) is 9.44. The number of pyridine rings is 1. The monoisotopic (exact) mass is 185 g/mol. The molecule has 1 atom stereocenters. The van der Waals surface area contributed by atoms with Gasteiger partial charge in [-0.25, -0.2) is 9.78 Å². The number of carboxylic acids is 1. The highest BCUT2D eigenvalue weighted by Crippen LogP contribution is 2.10. The number of carbonyl (C=O) groups is 1. The Labute approximate surface area is 74.0 Å². The smallest absolute Gasteiger partial charge is 0.344 e. The number of nitrogens with zero attached hydrogens (tertiary/aromatic N) is 1. The van der Waals surface area contributed by atoms with Crippen molar-refractivity contribution in [2.75, 3.05) is 0 Å². The number of aliphatic carboxylic acids is 1. The van der Waals surface area contributed by atoms with E-state index in [0.717, 1.165) is 12.3 Å². The molecule has 1 aromatic rings. The normalized spacial score (nSPS) is 12.2. The molecule has 0 aliphatic heterocycles. The minimum absolute atomic E-state index is 0.233. The van der Waals surface area contributed by atoms with Gasteiger partial charge in [-0.05, 0) is 19.1 Å². The summed E-state index contributed by atoms with van der Waals surface area (Å²) in [6.07, 6.45) is 0.168. The summed E-state index contributed by atoms with van der Waals surface area (Å²) in [6.45, 7) is 1.38. The molecule has 5 heteroatoms. The number of rotatable bonds is 3. The summed E-state index contributed by atoms with van der Waals surface area (Å²) >= 11 is 0. The van der Waals surface area contributed by atoms with Gasteiger partial charge in [0.2, 0.25) is 5.95 Å². The Morgan fingerprint density at radius 3 is 2.85 bits per heavy atom. The van der Waals surface area contributed by atoms with Crippen LogP contribution in [0.15, 0.2) is 18.3 Å². The standard InChI is InChI=1S/C8H8FNO3/c1-5(8(11)12)13-6-2-3-7(9)10-4-6/h2-5H,1H3,(H,11,12). The van der Waals surface area contributed by atoms with Crippen molar-refractivity contribution in [2.24, 2.45) is 0 Å². The van der Waals surface area contributed by atoms with Crippen LogP contribution >= 0.6 is 0 Å². The first-order chi connectivity index (χ1) is 6.09. The van der Waals surface area contributed by atoms with Crippen molar-refractivity contribution in [1.29, 1.82) is 0 Å². The van der Waals surface area contributed by atoms with Gasteiger partial charge in [-0.15, -0.1) is 0 Å². The third-order valence-electron chi connectivity index (χ3n) is 1.36. The molecule has 0 fully saturated rings. The van der Waals surface area contributed by atoms with Crippen LogP contribution < -0.4 is 4.74 Å². The highest BCUT2D eigenvalue weighted by Gasteiger charge is 2.12. The molecular formula is C8H8FNO3. The van der Waals surface area contributed by atoms with E-state index in [9.17, 15) is 9.18 Å². The predicted octanol–water partition coefficient (Wildman–Crippen LogP) is 1.07. The second kappa shape index (κ2) is 3.84. The van der Waals surface area contributed by atoms with Crippen molar-refractivity contribution in [1.82, 2.24) is 4.98 Å². The molecular weight excluding hydrogens is 177 g/mol. The number of hydrogen-bond acceptors (Lipinski definition) is 3. The van der Waals surface area contributed by atoms with Gasteiger partial charge < -0.3 is 9.84 Å². The van der Waals surface area contributed by atoms with E-state index in [0.29, 0.717) is 0 Å². The number of hydrogen-bond donors (Lipinski definition) is 1. The topological polar surface area (TPSA) is 59.4 Å². The number of aromatic nitrogens is 1. The first-order valence-corrected chi connectivity index (χ1v) is 3.60. The summed E-state index contributed by atoms with van der Waals surface area (Å²) in [5, 5.41) is 8.48. The lowest BCUT2D eigenvalue weighted by molar-refractivity contribution is -0.144. The van der Waals surface area contributed by atoms with Crippen LogP contribution in [-0.4, -0.2) is 22.2 Å². The molecule has 0 spiro atoms. The molecule has 1 unspecified atom stereocenters. The average Bonchev–Trinajstić information content (AvgIpc) is 2.08. The minimum atomic E-state index is -1.08. The summed E-state index contributed by atoms with van der Waals surface area (Å²) < 4.78 is 17.2. The minimum Gasteiger partial charge on any atom is -0.479 e. The maximum atomic E-state index is 12.3. The predicted molar refractivity (Wildman–Crippen MR) is 41.9 cm³/mol. The lowest BCUT2D eigenvalue weighted by atomic mass is 10.4. The van der Waals surface area contributed by atoms with E-state index in [1.165, 1.54) is 13.0 Å². The maximum Gasteiger partial charge on any atom is 0.344 e. The van der Waals surface area contributed by atoms with Crippen molar-refractivity contribution in [2.45, 2.75) is 13.0 Å². The molecule has 0 radical (unpaired) electrons. The molecule has 0 amide bonds. The largest absolute Gasteiger partial charge is 0.479 e. The quantitative estimate of drug-likeness (QED) is 0.715. The van der Waals surface area contributed by atoms with Gasteiger partial charge in [-0.1, -0.05) is 0 Å². The van der Waals surface area contributed by atoms with Gasteiger partial charge in [0.25, 0.3) is 0 Å². The van der Waals surface area contributed by atoms with E-state index in [2.05, 4.69) is 4.98 Å². The SMILES string of the molecule is CC(Oc1ccc(F)nc1)C(=O)O. The Hall–Kier alpha value is -1.65. The van der Waals surface area contributed by atoms with E-state index in [1.54, 1.807) is 0 Å². The number of carboxylic acid groups (broad SMARTS) is 1. The van der Waals surface area contributed by atoms with E-state index in [-0.39, 0.29) is 5.75 Å². The fourth-order valence-electron chi connectivity index (χ4n) is 0.686. The molecule has 1 N–H and O–H groups in total. The van der Waals surface area contributed by atoms with Crippen molar-refractivity contribution in [3.05, 3.63) is 24.3 Å². The van der Waals surface area contributed by atoms with Crippen LogP contribution in [0.25, 0.3) is 0 Å². The fraction of sp³-hybridized carbons (Fsp3) is 0.250. The van der Waals surface area contributed by atoms with Gasteiger partial charge in [0.1, 0.15) is 5.75 Å². The van der Waals surface area contributed by atoms with Crippen molar-refractivity contribution < 1.29 is 19.0 Å². The Balaban J connectivity index is 2.64. The summed E-state index contributed by atoms with van der Waals surface area (Å²) in [6, 6.07) is 2.42. The average molecular weight is 185 g/mol. The molecule has 0 saturated heterocycles. The van der Waals surface area contributed by atoms with Gasteiger partial charge in [-0.2, -0.15) is 4.39 Å². The zero-order valence-corrected chi connectivity index (χ0v) is 6.90. The zero-order chi connectivity index (χ0) is 9.84. The van der Waals surface area contributed by atoms with Gasteiger partial charge in [0.05, 0.1) is 6.20 Å². The lowest BCUT2D eigenvalue weighted by Gasteiger charge is -2.08. The second-order valence-corrected chi connectivity index (χ2v) is 2.41. The fourth-order valence-corrected chi connectivity index (χ4v) is 0.686. The van der Waals surface area contributed by atoms with Crippen LogP contribution in [0.5, 0.6) is 5.75 Å². The van der Waals surface area contributed by atoms with Gasteiger partial charge in [-0.3, -0.25) is 0 Å². The van der Waals surface area contributed by atoms with Crippen LogP contribution in [0.1, 0.15) is 6.92 Å². The Morgan fingerprint density at radius 1 is 1.69 bits per heavy atom. The Kier molecular flexibility index (Phi) is 2.79. The van der Waals surface area contributed by atoms with E-state index >= 15 is 0 Å². The Morgan fingerprint density at radius 2 is 2.38 bits per heavy atom. The highest BCUT2D eigenvalue weighted by atomic mass is 19.1. The van der Waals surface area contributed by atoms with Crippen molar-refractivity contribution in [3.8, 4) is 5.75 Å². The second-order valence-electron chi connectivity index (χ2n) is 2.41. The zero-order valence-electron chi connectivity index (χ0n) is 6.90. The molecule has 1 heterocycles. The van der Waals surface area contributed by atoms with Crippen LogP contribution in [-0.2, 0) is 4.79 Å². The lowest BCUT2D eigenvalue weighted by Crippen LogP contribution is -2.22. The summed E-state index contributed by atoms with van der Waals surface area (Å²) in [5.74, 6) is -1.48. The third kappa shape index (κ3) is 2.70. The van der Waals surface area contributed by atoms with Gasteiger partial charge in [0, 0.05) is 0 Å². The van der Waals surface area contributed by atoms with Crippen LogP contribution in [0.2, 0.25) is 0 Å². The van der Waals surface area contributed by atoms with Crippen LogP contribution in [0.3, 0.4) is 0 Å². The van der Waals surface area contributed by atoms with Crippen LogP contribution in [0, 0.1) is 5.95 Å². The molecule has 0 saturated carbocycles. The molecule has 1 aromatic heterocycles. The van der Waals surface area contributed by atoms with E-state index < -0.39 is 18.0 Å². The summed E-state index contributed by atoms with van der Waals surface area (Å²) in [4.78, 5) is 13.7. The third-order valence-corrected chi connectivity index (χ3v) is 1.36. The Bertz CT molecular complexity index is 299.